The maximum absolute atomic E-state index is 10.7. The van der Waals surface area contributed by atoms with Gasteiger partial charge < -0.3 is 28.7 Å². The van der Waals surface area contributed by atoms with Crippen LogP contribution in [0.15, 0.2) is 0 Å². The van der Waals surface area contributed by atoms with E-state index in [-0.39, 0.29) is 6.16 Å². The van der Waals surface area contributed by atoms with Gasteiger partial charge in [0.1, 0.15) is 0 Å². The van der Waals surface area contributed by atoms with Crippen LogP contribution >= 0.6 is 7.60 Å². The van der Waals surface area contributed by atoms with Gasteiger partial charge in [-0.1, -0.05) is 44.9 Å². The van der Waals surface area contributed by atoms with Crippen LogP contribution in [-0.4, -0.2) is 69.3 Å². The van der Waals surface area contributed by atoms with Crippen molar-refractivity contribution in [2.75, 3.05) is 59.5 Å². The van der Waals surface area contributed by atoms with Gasteiger partial charge in [-0.05, 0) is 12.8 Å². The topological polar surface area (TPSA) is 94.5 Å². The molecule has 0 spiro atoms. The average Bonchev–Trinajstić information content (AvgIpc) is 2.59. The summed E-state index contributed by atoms with van der Waals surface area (Å²) in [6.45, 7) is 4.42. The molecule has 0 aromatic carbocycles. The van der Waals surface area contributed by atoms with Gasteiger partial charge in [-0.2, -0.15) is 0 Å². The Morgan fingerprint density at radius 1 is 0.577 bits per heavy atom. The molecule has 0 atom stereocenters. The van der Waals surface area contributed by atoms with Gasteiger partial charge >= 0.3 is 7.60 Å². The van der Waals surface area contributed by atoms with Crippen LogP contribution in [0.1, 0.15) is 57.8 Å². The molecule has 0 bridgehead atoms. The van der Waals surface area contributed by atoms with Crippen LogP contribution in [0.4, 0.5) is 0 Å². The van der Waals surface area contributed by atoms with Crippen LogP contribution in [0, 0.1) is 0 Å². The van der Waals surface area contributed by atoms with Crippen LogP contribution in [0.3, 0.4) is 0 Å². The van der Waals surface area contributed by atoms with E-state index in [9.17, 15) is 4.57 Å². The summed E-state index contributed by atoms with van der Waals surface area (Å²) in [5.41, 5.74) is 0. The van der Waals surface area contributed by atoms with Crippen molar-refractivity contribution >= 4 is 7.60 Å². The number of unbranched alkanes of at least 4 members (excludes halogenated alkanes) is 8. The first-order chi connectivity index (χ1) is 12.6. The SMILES string of the molecule is COCCOCCOCCOCCCCCCCCCCCP(=O)(O)O. The Kier molecular flexibility index (Phi) is 19.7. The summed E-state index contributed by atoms with van der Waals surface area (Å²) in [6.07, 6.45) is 9.73. The van der Waals surface area contributed by atoms with Gasteiger partial charge in [0.25, 0.3) is 0 Å². The average molecular weight is 398 g/mol. The zero-order valence-electron chi connectivity index (χ0n) is 16.4. The Morgan fingerprint density at radius 3 is 1.42 bits per heavy atom. The van der Waals surface area contributed by atoms with Gasteiger partial charge in [-0.25, -0.2) is 0 Å². The van der Waals surface area contributed by atoms with Crippen molar-refractivity contribution in [3.8, 4) is 0 Å². The summed E-state index contributed by atoms with van der Waals surface area (Å²) in [6, 6.07) is 0. The lowest BCUT2D eigenvalue weighted by Gasteiger charge is -2.07. The minimum absolute atomic E-state index is 0.0280. The van der Waals surface area contributed by atoms with E-state index >= 15 is 0 Å². The van der Waals surface area contributed by atoms with Crippen LogP contribution in [0.25, 0.3) is 0 Å². The van der Waals surface area contributed by atoms with Crippen molar-refractivity contribution in [1.29, 1.82) is 0 Å². The quantitative estimate of drug-likeness (QED) is 0.226. The third kappa shape index (κ3) is 24.0. The first-order valence-electron chi connectivity index (χ1n) is 9.83. The third-order valence-corrected chi connectivity index (χ3v) is 4.81. The molecule has 0 aliphatic rings. The molecule has 0 rings (SSSR count). The van der Waals surface area contributed by atoms with Gasteiger partial charge in [0.2, 0.25) is 0 Å². The standard InChI is InChI=1S/C18H39O7P/c1-22-12-13-24-16-17-25-15-14-23-11-9-7-5-3-2-4-6-8-10-18-26(19,20)21/h2-18H2,1H3,(H2,19,20,21). The van der Waals surface area contributed by atoms with Crippen molar-refractivity contribution in [1.82, 2.24) is 0 Å². The molecule has 0 aliphatic heterocycles. The second-order valence-electron chi connectivity index (χ2n) is 6.40. The number of hydrogen-bond acceptors (Lipinski definition) is 5. The molecule has 8 heteroatoms. The van der Waals surface area contributed by atoms with Crippen molar-refractivity contribution in [2.45, 2.75) is 57.8 Å². The van der Waals surface area contributed by atoms with Crippen molar-refractivity contribution in [3.05, 3.63) is 0 Å². The second-order valence-corrected chi connectivity index (χ2v) is 8.18. The zero-order valence-corrected chi connectivity index (χ0v) is 17.3. The smallest absolute Gasteiger partial charge is 0.325 e. The number of methoxy groups -OCH3 is 1. The lowest BCUT2D eigenvalue weighted by molar-refractivity contribution is 0.00323. The molecule has 0 aromatic rings. The summed E-state index contributed by atoms with van der Waals surface area (Å²) < 4.78 is 31.8. The monoisotopic (exact) mass is 398 g/mol. The summed E-state index contributed by atoms with van der Waals surface area (Å²) in [7, 11) is -2.14. The predicted octanol–water partition coefficient (Wildman–Crippen LogP) is 3.37. The number of ether oxygens (including phenoxy) is 4. The third-order valence-electron chi connectivity index (χ3n) is 3.91. The highest BCUT2D eigenvalue weighted by Crippen LogP contribution is 2.35. The van der Waals surface area contributed by atoms with Crippen molar-refractivity contribution < 1.29 is 33.3 Å². The molecule has 0 aromatic heterocycles. The molecular weight excluding hydrogens is 359 g/mol. The van der Waals surface area contributed by atoms with Gasteiger partial charge in [0.05, 0.1) is 39.6 Å². The van der Waals surface area contributed by atoms with E-state index in [1.54, 1.807) is 7.11 Å². The van der Waals surface area contributed by atoms with Crippen molar-refractivity contribution in [2.24, 2.45) is 0 Å². The minimum atomic E-state index is -3.79. The highest BCUT2D eigenvalue weighted by molar-refractivity contribution is 7.51. The molecule has 0 saturated heterocycles. The largest absolute Gasteiger partial charge is 0.382 e. The molecule has 0 amide bonds. The Balaban J connectivity index is 3.02. The summed E-state index contributed by atoms with van der Waals surface area (Å²) in [4.78, 5) is 17.5. The van der Waals surface area contributed by atoms with Gasteiger partial charge in [0.15, 0.2) is 0 Å². The summed E-state index contributed by atoms with van der Waals surface area (Å²) in [5.74, 6) is 0. The maximum Gasteiger partial charge on any atom is 0.325 e. The van der Waals surface area contributed by atoms with Crippen molar-refractivity contribution in [3.63, 3.8) is 0 Å². The molecule has 0 radical (unpaired) electrons. The fourth-order valence-electron chi connectivity index (χ4n) is 2.44. The van der Waals surface area contributed by atoms with E-state index in [4.69, 9.17) is 28.7 Å². The molecule has 0 unspecified atom stereocenters. The van der Waals surface area contributed by atoms with Gasteiger partial charge in [0, 0.05) is 19.9 Å². The molecule has 158 valence electrons. The highest BCUT2D eigenvalue weighted by Gasteiger charge is 2.10. The minimum Gasteiger partial charge on any atom is -0.382 e. The lowest BCUT2D eigenvalue weighted by atomic mass is 10.1. The van der Waals surface area contributed by atoms with E-state index < -0.39 is 7.60 Å². The molecule has 26 heavy (non-hydrogen) atoms. The van der Waals surface area contributed by atoms with Crippen LogP contribution in [0.5, 0.6) is 0 Å². The Labute approximate surface area is 158 Å². The van der Waals surface area contributed by atoms with E-state index in [0.29, 0.717) is 46.1 Å². The fraction of sp³-hybridized carbons (Fsp3) is 1.00. The molecule has 0 fully saturated rings. The van der Waals surface area contributed by atoms with Gasteiger partial charge in [-0.15, -0.1) is 0 Å². The zero-order chi connectivity index (χ0) is 19.3. The highest BCUT2D eigenvalue weighted by atomic mass is 31.2. The van der Waals surface area contributed by atoms with E-state index in [1.165, 1.54) is 25.7 Å². The molecule has 0 saturated carbocycles. The predicted molar refractivity (Wildman–Crippen MR) is 103 cm³/mol. The summed E-state index contributed by atoms with van der Waals surface area (Å²) >= 11 is 0. The van der Waals surface area contributed by atoms with E-state index in [1.807, 2.05) is 0 Å². The normalized spacial score (nSPS) is 12.0. The lowest BCUT2D eigenvalue weighted by Crippen LogP contribution is -2.11. The Morgan fingerprint density at radius 2 is 0.962 bits per heavy atom. The maximum atomic E-state index is 10.7. The second kappa shape index (κ2) is 19.7. The van der Waals surface area contributed by atoms with Gasteiger partial charge in [-0.3, -0.25) is 4.57 Å². The first kappa shape index (κ1) is 26.0. The molecule has 2 N–H and O–H groups in total. The van der Waals surface area contributed by atoms with E-state index in [2.05, 4.69) is 0 Å². The Hall–Kier alpha value is -0.0100. The van der Waals surface area contributed by atoms with E-state index in [0.717, 1.165) is 32.3 Å². The molecule has 7 nitrogen and oxygen atoms in total. The van der Waals surface area contributed by atoms with Crippen LogP contribution in [0.2, 0.25) is 0 Å². The number of hydrogen-bond donors (Lipinski definition) is 2. The fourth-order valence-corrected chi connectivity index (χ4v) is 3.08. The van der Waals surface area contributed by atoms with Crippen LogP contribution < -0.4 is 0 Å². The first-order valence-corrected chi connectivity index (χ1v) is 11.6. The summed E-state index contributed by atoms with van der Waals surface area (Å²) in [5, 5.41) is 0. The molecule has 0 heterocycles. The number of rotatable bonds is 21. The molecular formula is C18H39O7P. The Bertz CT molecular complexity index is 323. The molecule has 0 aliphatic carbocycles. The van der Waals surface area contributed by atoms with Crippen LogP contribution in [-0.2, 0) is 23.5 Å².